The van der Waals surface area contributed by atoms with Crippen molar-refractivity contribution in [3.63, 3.8) is 0 Å². The Morgan fingerprint density at radius 2 is 1.86 bits per heavy atom. The van der Waals surface area contributed by atoms with Gasteiger partial charge in [-0.1, -0.05) is 6.07 Å². The SMILES string of the molecule is CN1C[C@H](c2ccc3c(c2)OCO3)[C@@H]2[C@H]1C1CCN2CC1. The van der Waals surface area contributed by atoms with Crippen LogP contribution in [0.15, 0.2) is 18.2 Å². The van der Waals surface area contributed by atoms with Gasteiger partial charge in [-0.2, -0.15) is 0 Å². The van der Waals surface area contributed by atoms with Gasteiger partial charge in [-0.25, -0.2) is 0 Å². The predicted octanol–water partition coefficient (Wildman–Crippen LogP) is 1.91. The van der Waals surface area contributed by atoms with Crippen molar-refractivity contribution in [3.8, 4) is 11.5 Å². The molecule has 0 aromatic heterocycles. The summed E-state index contributed by atoms with van der Waals surface area (Å²) in [5, 5.41) is 0. The highest BCUT2D eigenvalue weighted by Gasteiger charge is 2.52. The van der Waals surface area contributed by atoms with Gasteiger partial charge in [0.25, 0.3) is 0 Å². The number of hydrogen-bond acceptors (Lipinski definition) is 4. The molecule has 112 valence electrons. The van der Waals surface area contributed by atoms with Crippen LogP contribution in [-0.2, 0) is 0 Å². The molecule has 5 aliphatic rings. The first-order valence-electron chi connectivity index (χ1n) is 8.15. The maximum Gasteiger partial charge on any atom is 0.231 e. The molecule has 4 saturated heterocycles. The van der Waals surface area contributed by atoms with Crippen LogP contribution in [-0.4, -0.2) is 55.4 Å². The summed E-state index contributed by atoms with van der Waals surface area (Å²) >= 11 is 0. The fourth-order valence-electron chi connectivity index (χ4n) is 5.15. The Hall–Kier alpha value is -1.26. The van der Waals surface area contributed by atoms with Gasteiger partial charge >= 0.3 is 0 Å². The fourth-order valence-corrected chi connectivity index (χ4v) is 5.15. The molecule has 4 fully saturated rings. The highest BCUT2D eigenvalue weighted by molar-refractivity contribution is 5.46. The van der Waals surface area contributed by atoms with Crippen LogP contribution in [0.4, 0.5) is 0 Å². The van der Waals surface area contributed by atoms with Crippen LogP contribution in [0.3, 0.4) is 0 Å². The van der Waals surface area contributed by atoms with Crippen LogP contribution in [0, 0.1) is 5.92 Å². The van der Waals surface area contributed by atoms with E-state index in [1.165, 1.54) is 38.0 Å². The summed E-state index contributed by atoms with van der Waals surface area (Å²) in [4.78, 5) is 5.35. The third-order valence-corrected chi connectivity index (χ3v) is 6.06. The van der Waals surface area contributed by atoms with E-state index in [0.29, 0.717) is 18.8 Å². The van der Waals surface area contributed by atoms with E-state index in [-0.39, 0.29) is 0 Å². The van der Waals surface area contributed by atoms with E-state index < -0.39 is 0 Å². The Kier molecular flexibility index (Phi) is 2.56. The third-order valence-electron chi connectivity index (χ3n) is 6.06. The summed E-state index contributed by atoms with van der Waals surface area (Å²) in [6, 6.07) is 8.00. The summed E-state index contributed by atoms with van der Waals surface area (Å²) in [6.07, 6.45) is 2.78. The van der Waals surface area contributed by atoms with Crippen LogP contribution in [0.25, 0.3) is 0 Å². The zero-order valence-electron chi connectivity index (χ0n) is 12.5. The van der Waals surface area contributed by atoms with Crippen molar-refractivity contribution >= 4 is 0 Å². The predicted molar refractivity (Wildman–Crippen MR) is 79.8 cm³/mol. The Bertz CT molecular complexity index is 568. The molecule has 21 heavy (non-hydrogen) atoms. The van der Waals surface area contributed by atoms with Gasteiger partial charge in [-0.05, 0) is 56.6 Å². The lowest BCUT2D eigenvalue weighted by atomic mass is 9.75. The van der Waals surface area contributed by atoms with Gasteiger partial charge < -0.3 is 14.4 Å². The molecule has 0 spiro atoms. The quantitative estimate of drug-likeness (QED) is 0.787. The van der Waals surface area contributed by atoms with Crippen molar-refractivity contribution in [1.29, 1.82) is 0 Å². The number of fused-ring (bicyclic) bond motifs is 3. The molecule has 0 amide bonds. The highest BCUT2D eigenvalue weighted by atomic mass is 16.7. The monoisotopic (exact) mass is 286 g/mol. The molecule has 4 heteroatoms. The maximum absolute atomic E-state index is 5.57. The molecule has 4 nitrogen and oxygen atoms in total. The smallest absolute Gasteiger partial charge is 0.231 e. The average molecular weight is 286 g/mol. The van der Waals surface area contributed by atoms with E-state index in [0.717, 1.165) is 23.5 Å². The van der Waals surface area contributed by atoms with Gasteiger partial charge in [0.2, 0.25) is 6.79 Å². The van der Waals surface area contributed by atoms with E-state index in [4.69, 9.17) is 9.47 Å². The lowest BCUT2D eigenvalue weighted by Crippen LogP contribution is -2.59. The van der Waals surface area contributed by atoms with Crippen molar-refractivity contribution in [1.82, 2.24) is 9.80 Å². The first-order chi connectivity index (χ1) is 10.3. The number of benzene rings is 1. The number of ether oxygens (including phenoxy) is 2. The topological polar surface area (TPSA) is 24.9 Å². The van der Waals surface area contributed by atoms with Gasteiger partial charge in [-0.15, -0.1) is 0 Å². The Morgan fingerprint density at radius 1 is 1.05 bits per heavy atom. The van der Waals surface area contributed by atoms with Gasteiger partial charge in [0.15, 0.2) is 11.5 Å². The standard InChI is InChI=1S/C17H22N2O2/c1-18-9-13(12-2-3-14-15(8-12)21-10-20-14)17-16(18)11-4-6-19(17)7-5-11/h2-3,8,11,13,16-17H,4-7,9-10H2,1H3/t13-,16-,17-/m1/s1. The van der Waals surface area contributed by atoms with E-state index in [1.807, 2.05) is 0 Å². The number of likely N-dealkylation sites (tertiary alicyclic amines) is 1. The fraction of sp³-hybridized carbons (Fsp3) is 0.647. The molecular weight excluding hydrogens is 264 g/mol. The van der Waals surface area contributed by atoms with Gasteiger partial charge in [0, 0.05) is 24.5 Å². The molecular formula is C17H22N2O2. The Morgan fingerprint density at radius 3 is 2.71 bits per heavy atom. The van der Waals surface area contributed by atoms with Crippen molar-refractivity contribution in [2.24, 2.45) is 5.92 Å². The Balaban J connectivity index is 1.52. The number of rotatable bonds is 1. The molecule has 1 aromatic rings. The largest absolute Gasteiger partial charge is 0.454 e. The summed E-state index contributed by atoms with van der Waals surface area (Å²) in [7, 11) is 2.31. The Labute approximate surface area is 125 Å². The molecule has 0 N–H and O–H groups in total. The molecule has 5 heterocycles. The second kappa shape index (κ2) is 4.37. The molecule has 1 aromatic carbocycles. The molecule has 0 saturated carbocycles. The molecule has 6 rings (SSSR count). The molecule has 5 aliphatic heterocycles. The molecule has 3 atom stereocenters. The second-order valence-electron chi connectivity index (χ2n) is 7.01. The van der Waals surface area contributed by atoms with Crippen molar-refractivity contribution in [3.05, 3.63) is 23.8 Å². The highest BCUT2D eigenvalue weighted by Crippen LogP contribution is 2.47. The van der Waals surface area contributed by atoms with Crippen LogP contribution >= 0.6 is 0 Å². The van der Waals surface area contributed by atoms with Gasteiger partial charge in [0.05, 0.1) is 0 Å². The molecule has 0 unspecified atom stereocenters. The lowest BCUT2D eigenvalue weighted by molar-refractivity contribution is 0.000193. The van der Waals surface area contributed by atoms with E-state index >= 15 is 0 Å². The molecule has 0 aliphatic carbocycles. The minimum atomic E-state index is 0.365. The van der Waals surface area contributed by atoms with E-state index in [9.17, 15) is 0 Å². The molecule has 0 radical (unpaired) electrons. The zero-order valence-corrected chi connectivity index (χ0v) is 12.5. The van der Waals surface area contributed by atoms with E-state index in [2.05, 4.69) is 35.0 Å². The first kappa shape index (κ1) is 12.3. The van der Waals surface area contributed by atoms with Crippen LogP contribution < -0.4 is 9.47 Å². The van der Waals surface area contributed by atoms with Crippen LogP contribution in [0.5, 0.6) is 11.5 Å². The van der Waals surface area contributed by atoms with Crippen LogP contribution in [0.1, 0.15) is 24.3 Å². The van der Waals surface area contributed by atoms with Crippen molar-refractivity contribution in [2.75, 3.05) is 33.5 Å². The number of hydrogen-bond donors (Lipinski definition) is 0. The van der Waals surface area contributed by atoms with Crippen molar-refractivity contribution in [2.45, 2.75) is 30.8 Å². The summed E-state index contributed by atoms with van der Waals surface area (Å²) in [5.74, 6) is 3.34. The second-order valence-corrected chi connectivity index (χ2v) is 7.01. The number of likely N-dealkylation sites (N-methyl/N-ethyl adjacent to an activating group) is 1. The lowest BCUT2D eigenvalue weighted by Gasteiger charge is -2.51. The zero-order chi connectivity index (χ0) is 14.0. The van der Waals surface area contributed by atoms with Gasteiger partial charge in [0.1, 0.15) is 0 Å². The average Bonchev–Trinajstić information content (AvgIpc) is 3.13. The summed E-state index contributed by atoms with van der Waals surface area (Å²) in [6.45, 7) is 4.12. The molecule has 2 bridgehead atoms. The maximum atomic E-state index is 5.57. The number of nitrogens with zero attached hydrogens (tertiary/aromatic N) is 2. The van der Waals surface area contributed by atoms with Gasteiger partial charge in [-0.3, -0.25) is 4.90 Å². The summed E-state index contributed by atoms with van der Waals surface area (Å²) < 4.78 is 11.0. The minimum absolute atomic E-state index is 0.365. The van der Waals surface area contributed by atoms with Crippen molar-refractivity contribution < 1.29 is 9.47 Å². The number of piperidine rings is 3. The normalized spacial score (nSPS) is 40.5. The third kappa shape index (κ3) is 1.69. The summed E-state index contributed by atoms with van der Waals surface area (Å²) in [5.41, 5.74) is 1.42. The van der Waals surface area contributed by atoms with E-state index in [1.54, 1.807) is 0 Å². The van der Waals surface area contributed by atoms with Crippen LogP contribution in [0.2, 0.25) is 0 Å². The first-order valence-corrected chi connectivity index (χ1v) is 8.15. The minimum Gasteiger partial charge on any atom is -0.454 e.